The quantitative estimate of drug-likeness (QED) is 0.796. The van der Waals surface area contributed by atoms with Gasteiger partial charge in [0.2, 0.25) is 0 Å². The Morgan fingerprint density at radius 3 is 2.90 bits per heavy atom. The summed E-state index contributed by atoms with van der Waals surface area (Å²) >= 11 is 0. The number of hydrogen-bond donors (Lipinski definition) is 0. The minimum absolute atomic E-state index is 0.0263. The van der Waals surface area contributed by atoms with Gasteiger partial charge in [-0.1, -0.05) is 0 Å². The molecule has 0 N–H and O–H groups in total. The average Bonchev–Trinajstić information content (AvgIpc) is 3.08. The molecular formula is C14H16BN3O2. The fourth-order valence-electron chi connectivity index (χ4n) is 2.66. The van der Waals surface area contributed by atoms with E-state index in [-0.39, 0.29) is 17.9 Å². The molecular weight excluding hydrogens is 253 g/mol. The van der Waals surface area contributed by atoms with Gasteiger partial charge >= 0.3 is 118 Å². The molecule has 3 heterocycles. The van der Waals surface area contributed by atoms with Gasteiger partial charge in [-0.15, -0.1) is 0 Å². The summed E-state index contributed by atoms with van der Waals surface area (Å²) in [6.45, 7) is 3.19. The van der Waals surface area contributed by atoms with E-state index >= 15 is 0 Å². The molecule has 1 unspecified atom stereocenters. The third kappa shape index (κ3) is 2.64. The van der Waals surface area contributed by atoms with Gasteiger partial charge in [0.15, 0.2) is 0 Å². The molecule has 1 aromatic heterocycles. The normalized spacial score (nSPS) is 21.6. The summed E-state index contributed by atoms with van der Waals surface area (Å²) in [4.78, 5) is 25.7. The van der Waals surface area contributed by atoms with E-state index in [4.69, 9.17) is 0 Å². The molecule has 2 aliphatic heterocycles. The topological polar surface area (TPSA) is 53.0 Å². The van der Waals surface area contributed by atoms with Gasteiger partial charge in [-0.25, -0.2) is 0 Å². The Kier molecular flexibility index (Phi) is 3.63. The number of rotatable bonds is 3. The summed E-state index contributed by atoms with van der Waals surface area (Å²) in [6, 6.07) is 3.81. The van der Waals surface area contributed by atoms with E-state index in [1.54, 1.807) is 6.21 Å². The maximum absolute atomic E-state index is 12.2. The van der Waals surface area contributed by atoms with E-state index in [0.717, 1.165) is 18.5 Å². The first-order chi connectivity index (χ1) is 9.74. The Labute approximate surface area is 118 Å². The SMILES string of the molecule is O=C(Cc1ccbcc1)N1CC(N2CCCC2=O)C=N1. The van der Waals surface area contributed by atoms with E-state index in [1.165, 1.54) is 5.01 Å². The standard InChI is InChI=1S/C14H16BN3O2/c19-13-2-1-7-17(13)12-9-16-18(10-12)14(20)8-11-3-5-15-6-4-11/h3-6,9,12H,1-2,7-8,10H2. The van der Waals surface area contributed by atoms with Crippen LogP contribution >= 0.6 is 0 Å². The molecule has 1 atom stereocenters. The predicted molar refractivity (Wildman–Crippen MR) is 76.4 cm³/mol. The Morgan fingerprint density at radius 1 is 1.40 bits per heavy atom. The molecule has 1 saturated heterocycles. The summed E-state index contributed by atoms with van der Waals surface area (Å²) in [5, 5.41) is 5.63. The van der Waals surface area contributed by atoms with Crippen LogP contribution in [0.4, 0.5) is 0 Å². The molecule has 6 heteroatoms. The molecule has 0 saturated carbocycles. The number of hydrogen-bond acceptors (Lipinski definition) is 3. The molecule has 2 amide bonds. The Morgan fingerprint density at radius 2 is 2.20 bits per heavy atom. The van der Waals surface area contributed by atoms with Crippen molar-refractivity contribution in [3.63, 3.8) is 0 Å². The van der Waals surface area contributed by atoms with Crippen molar-refractivity contribution in [1.82, 2.24) is 9.91 Å². The van der Waals surface area contributed by atoms with E-state index < -0.39 is 0 Å². The number of carbonyl (C=O) groups excluding carboxylic acids is 2. The monoisotopic (exact) mass is 269 g/mol. The second-order valence-electron chi connectivity index (χ2n) is 5.16. The molecule has 1 fully saturated rings. The van der Waals surface area contributed by atoms with Crippen LogP contribution in [-0.2, 0) is 16.0 Å². The number of hydrazone groups is 1. The third-order valence-corrected chi connectivity index (χ3v) is 3.73. The van der Waals surface area contributed by atoms with Crippen molar-refractivity contribution in [2.45, 2.75) is 25.3 Å². The van der Waals surface area contributed by atoms with Gasteiger partial charge in [0.05, 0.1) is 0 Å². The van der Waals surface area contributed by atoms with Gasteiger partial charge in [0.25, 0.3) is 0 Å². The predicted octanol–water partition coefficient (Wildman–Crippen LogP) is 0.386. The fourth-order valence-corrected chi connectivity index (χ4v) is 2.66. The molecule has 1 aromatic rings. The number of likely N-dealkylation sites (tertiary alicyclic amines) is 1. The summed E-state index contributed by atoms with van der Waals surface area (Å²) in [6.07, 6.45) is 3.58. The van der Waals surface area contributed by atoms with Crippen molar-refractivity contribution >= 4 is 24.9 Å². The molecule has 5 nitrogen and oxygen atoms in total. The number of nitrogens with zero attached hydrogens (tertiary/aromatic N) is 3. The first kappa shape index (κ1) is 13.0. The molecule has 0 aromatic carbocycles. The Hall–Kier alpha value is -1.98. The maximum atomic E-state index is 12.2. The van der Waals surface area contributed by atoms with Gasteiger partial charge in [-0.05, 0) is 0 Å². The molecule has 102 valence electrons. The molecule has 0 spiro atoms. The van der Waals surface area contributed by atoms with Gasteiger partial charge in [-0.3, -0.25) is 0 Å². The zero-order chi connectivity index (χ0) is 13.9. The first-order valence-electron chi connectivity index (χ1n) is 6.92. The van der Waals surface area contributed by atoms with Crippen molar-refractivity contribution in [3.05, 3.63) is 29.6 Å². The van der Waals surface area contributed by atoms with Crippen molar-refractivity contribution in [1.29, 1.82) is 0 Å². The van der Waals surface area contributed by atoms with Crippen LogP contribution in [0.1, 0.15) is 18.4 Å². The zero-order valence-electron chi connectivity index (χ0n) is 11.2. The molecule has 20 heavy (non-hydrogen) atoms. The summed E-state index contributed by atoms with van der Waals surface area (Å²) in [5.74, 6) is 3.98. The second kappa shape index (κ2) is 5.57. The van der Waals surface area contributed by atoms with Crippen molar-refractivity contribution in [2.24, 2.45) is 5.10 Å². The van der Waals surface area contributed by atoms with Gasteiger partial charge in [0.1, 0.15) is 0 Å². The third-order valence-electron chi connectivity index (χ3n) is 3.73. The van der Waals surface area contributed by atoms with Crippen LogP contribution in [0.25, 0.3) is 0 Å². The van der Waals surface area contributed by atoms with Crippen LogP contribution in [0.3, 0.4) is 0 Å². The Bertz CT molecular complexity index is 547. The van der Waals surface area contributed by atoms with Crippen molar-refractivity contribution in [2.75, 3.05) is 13.1 Å². The van der Waals surface area contributed by atoms with E-state index in [0.29, 0.717) is 19.4 Å². The molecule has 0 radical (unpaired) electrons. The van der Waals surface area contributed by atoms with E-state index in [2.05, 4.69) is 5.10 Å². The van der Waals surface area contributed by atoms with E-state index in [1.807, 2.05) is 35.9 Å². The van der Waals surface area contributed by atoms with Crippen LogP contribution < -0.4 is 0 Å². The van der Waals surface area contributed by atoms with Gasteiger partial charge < -0.3 is 0 Å². The van der Waals surface area contributed by atoms with Crippen molar-refractivity contribution in [3.8, 4) is 0 Å². The Balaban J connectivity index is 1.59. The number of amides is 2. The van der Waals surface area contributed by atoms with Crippen LogP contribution in [0.5, 0.6) is 0 Å². The first-order valence-corrected chi connectivity index (χ1v) is 6.92. The summed E-state index contributed by atoms with van der Waals surface area (Å²) in [7, 11) is 0. The fraction of sp³-hybridized carbons (Fsp3) is 0.429. The zero-order valence-corrected chi connectivity index (χ0v) is 11.2. The molecule has 2 aliphatic rings. The summed E-state index contributed by atoms with van der Waals surface area (Å²) in [5.41, 5.74) is 0.980. The van der Waals surface area contributed by atoms with Gasteiger partial charge in [0, 0.05) is 0 Å². The van der Waals surface area contributed by atoms with Crippen LogP contribution in [0.15, 0.2) is 29.2 Å². The van der Waals surface area contributed by atoms with Crippen molar-refractivity contribution < 1.29 is 9.59 Å². The van der Waals surface area contributed by atoms with Crippen LogP contribution in [-0.4, -0.2) is 54.0 Å². The van der Waals surface area contributed by atoms with Crippen LogP contribution in [0, 0.1) is 0 Å². The van der Waals surface area contributed by atoms with E-state index in [9.17, 15) is 9.59 Å². The summed E-state index contributed by atoms with van der Waals surface area (Å²) < 4.78 is 0. The van der Waals surface area contributed by atoms with Gasteiger partial charge in [-0.2, -0.15) is 0 Å². The van der Waals surface area contributed by atoms with Crippen LogP contribution in [0.2, 0.25) is 0 Å². The molecule has 0 bridgehead atoms. The average molecular weight is 269 g/mol. The minimum atomic E-state index is -0.0512. The molecule has 0 aliphatic carbocycles. The molecule has 3 rings (SSSR count). The second-order valence-corrected chi connectivity index (χ2v) is 5.16. The number of carbonyl (C=O) groups is 2.